The molecule has 0 unspecified atom stereocenters. The van der Waals surface area contributed by atoms with E-state index in [1.54, 1.807) is 0 Å². The molecule has 41 heavy (non-hydrogen) atoms. The van der Waals surface area contributed by atoms with Crippen molar-refractivity contribution >= 4 is 11.8 Å². The van der Waals surface area contributed by atoms with Crippen LogP contribution in [0.5, 0.6) is 0 Å². The van der Waals surface area contributed by atoms with Gasteiger partial charge in [-0.25, -0.2) is 0 Å². The molecule has 1 N–H and O–H groups in total. The molecule has 224 valence electrons. The average Bonchev–Trinajstić information content (AvgIpc) is 3.24. The fourth-order valence-corrected chi connectivity index (χ4v) is 11.7. The van der Waals surface area contributed by atoms with Gasteiger partial charge < -0.3 is 9.84 Å². The molecule has 4 fully saturated rings. The number of fused-ring (bicyclic) bond motifs is 7. The van der Waals surface area contributed by atoms with E-state index in [9.17, 15) is 14.7 Å². The van der Waals surface area contributed by atoms with Gasteiger partial charge >= 0.3 is 5.97 Å². The van der Waals surface area contributed by atoms with Crippen LogP contribution in [0.2, 0.25) is 0 Å². The second-order valence-corrected chi connectivity index (χ2v) is 16.2. The summed E-state index contributed by atoms with van der Waals surface area (Å²) in [5.74, 6) is 1.41. The van der Waals surface area contributed by atoms with E-state index in [2.05, 4.69) is 48.5 Å². The zero-order valence-electron chi connectivity index (χ0n) is 26.5. The van der Waals surface area contributed by atoms with Crippen LogP contribution in [-0.2, 0) is 20.9 Å². The molecule has 0 heterocycles. The molecule has 0 spiro atoms. The summed E-state index contributed by atoms with van der Waals surface area (Å²) < 4.78 is 6.06. The third kappa shape index (κ3) is 3.87. The third-order valence-corrected chi connectivity index (χ3v) is 14.0. The molecule has 4 nitrogen and oxygen atoms in total. The Morgan fingerprint density at radius 1 is 0.902 bits per heavy atom. The quantitative estimate of drug-likeness (QED) is 0.378. The van der Waals surface area contributed by atoms with Crippen molar-refractivity contribution in [2.45, 2.75) is 119 Å². The Kier molecular flexibility index (Phi) is 6.77. The molecule has 8 atom stereocenters. The maximum atomic E-state index is 14.1. The molecule has 5 aliphatic carbocycles. The van der Waals surface area contributed by atoms with Gasteiger partial charge in [-0.15, -0.1) is 0 Å². The van der Waals surface area contributed by atoms with E-state index in [1.165, 1.54) is 0 Å². The number of hydrogen-bond acceptors (Lipinski definition) is 4. The van der Waals surface area contributed by atoms with Crippen LogP contribution in [0, 0.1) is 50.7 Å². The number of rotatable bonds is 4. The van der Waals surface area contributed by atoms with Gasteiger partial charge in [0, 0.05) is 6.42 Å². The molecule has 0 bridgehead atoms. The van der Waals surface area contributed by atoms with Crippen molar-refractivity contribution in [1.82, 2.24) is 0 Å². The van der Waals surface area contributed by atoms with Crippen LogP contribution >= 0.6 is 0 Å². The normalized spacial score (nSPS) is 43.2. The van der Waals surface area contributed by atoms with E-state index < -0.39 is 5.41 Å². The third-order valence-electron chi connectivity index (χ3n) is 14.0. The molecule has 0 amide bonds. The molecule has 1 aromatic rings. The largest absolute Gasteiger partial charge is 0.460 e. The van der Waals surface area contributed by atoms with E-state index in [1.807, 2.05) is 30.3 Å². The summed E-state index contributed by atoms with van der Waals surface area (Å²) in [5, 5.41) is 11.0. The highest BCUT2D eigenvalue weighted by Gasteiger charge is 2.71. The summed E-state index contributed by atoms with van der Waals surface area (Å²) in [6, 6.07) is 9.89. The Balaban J connectivity index is 1.38. The van der Waals surface area contributed by atoms with Gasteiger partial charge in [0.25, 0.3) is 0 Å². The lowest BCUT2D eigenvalue weighted by atomic mass is 9.33. The first-order valence-electron chi connectivity index (χ1n) is 16.4. The van der Waals surface area contributed by atoms with Gasteiger partial charge in [-0.05, 0) is 113 Å². The van der Waals surface area contributed by atoms with Gasteiger partial charge in [0.05, 0.1) is 11.5 Å². The first-order valence-corrected chi connectivity index (χ1v) is 16.4. The molecule has 0 saturated heterocycles. The molecular weight excluding hydrogens is 508 g/mol. The minimum atomic E-state index is -0.809. The number of aliphatic hydroxyl groups is 1. The summed E-state index contributed by atoms with van der Waals surface area (Å²) in [6.45, 7) is 16.7. The number of ketones is 1. The van der Waals surface area contributed by atoms with Crippen LogP contribution in [0.25, 0.3) is 0 Å². The number of allylic oxidation sites excluding steroid dienone is 1. The summed E-state index contributed by atoms with van der Waals surface area (Å²) in [4.78, 5) is 27.9. The summed E-state index contributed by atoms with van der Waals surface area (Å²) in [6.07, 6.45) is 8.18. The number of benzene rings is 1. The fourth-order valence-electron chi connectivity index (χ4n) is 11.7. The Hall–Kier alpha value is -1.94. The maximum absolute atomic E-state index is 14.1. The van der Waals surface area contributed by atoms with Crippen LogP contribution in [0.15, 0.2) is 41.5 Å². The van der Waals surface area contributed by atoms with Crippen molar-refractivity contribution in [3.05, 3.63) is 47.0 Å². The first-order chi connectivity index (χ1) is 19.2. The molecule has 4 heteroatoms. The minimum Gasteiger partial charge on any atom is -0.460 e. The molecule has 0 radical (unpaired) electrons. The number of carbonyl (C=O) groups excluding carboxylic acids is 2. The zero-order valence-corrected chi connectivity index (χ0v) is 26.5. The lowest BCUT2D eigenvalue weighted by molar-refractivity contribution is -0.229. The van der Waals surface area contributed by atoms with Crippen molar-refractivity contribution in [1.29, 1.82) is 0 Å². The second kappa shape index (κ2) is 9.53. The SMILES string of the molecule is CC(C)C1=C2[C@H]3CC[C@@H]4[C@@]5(C)CC[C@H](O)C(C)(C)[C@@H]5CC[C@@]4(C)[C@]3(C)CC[C@@]2(C(=O)OCc2ccccc2)CC1=O. The van der Waals surface area contributed by atoms with Crippen molar-refractivity contribution in [3.8, 4) is 0 Å². The monoisotopic (exact) mass is 560 g/mol. The molecule has 4 saturated carbocycles. The Morgan fingerprint density at radius 2 is 1.61 bits per heavy atom. The number of hydrogen-bond donors (Lipinski definition) is 1. The summed E-state index contributed by atoms with van der Waals surface area (Å²) in [7, 11) is 0. The molecular formula is C37H52O4. The van der Waals surface area contributed by atoms with Gasteiger partial charge in [0.1, 0.15) is 6.61 Å². The predicted octanol–water partition coefficient (Wildman–Crippen LogP) is 8.07. The smallest absolute Gasteiger partial charge is 0.317 e. The fraction of sp³-hybridized carbons (Fsp3) is 0.730. The topological polar surface area (TPSA) is 63.6 Å². The number of aliphatic hydroxyl groups excluding tert-OH is 1. The van der Waals surface area contributed by atoms with E-state index >= 15 is 0 Å². The minimum absolute atomic E-state index is 0.0212. The van der Waals surface area contributed by atoms with Crippen LogP contribution in [-0.4, -0.2) is 23.0 Å². The average molecular weight is 561 g/mol. The summed E-state index contributed by atoms with van der Waals surface area (Å²) in [5.41, 5.74) is 2.55. The van der Waals surface area contributed by atoms with E-state index in [4.69, 9.17) is 4.74 Å². The van der Waals surface area contributed by atoms with Gasteiger partial charge in [-0.3, -0.25) is 9.59 Å². The number of carbonyl (C=O) groups is 2. The molecule has 6 rings (SSSR count). The van der Waals surface area contributed by atoms with Gasteiger partial charge in [-0.2, -0.15) is 0 Å². The number of esters is 1. The molecule has 0 aromatic heterocycles. The number of ether oxygens (including phenoxy) is 1. The highest BCUT2D eigenvalue weighted by molar-refractivity contribution is 6.06. The lowest BCUT2D eigenvalue weighted by Crippen LogP contribution is -2.65. The zero-order chi connectivity index (χ0) is 29.6. The Morgan fingerprint density at radius 3 is 2.29 bits per heavy atom. The van der Waals surface area contributed by atoms with E-state index in [0.29, 0.717) is 18.3 Å². The second-order valence-electron chi connectivity index (χ2n) is 16.2. The van der Waals surface area contributed by atoms with Gasteiger partial charge in [-0.1, -0.05) is 78.8 Å². The van der Waals surface area contributed by atoms with Gasteiger partial charge in [0.15, 0.2) is 5.78 Å². The summed E-state index contributed by atoms with van der Waals surface area (Å²) >= 11 is 0. The van der Waals surface area contributed by atoms with Crippen LogP contribution in [0.3, 0.4) is 0 Å². The molecule has 1 aromatic carbocycles. The van der Waals surface area contributed by atoms with Crippen LogP contribution < -0.4 is 0 Å². The first kappa shape index (κ1) is 29.1. The Bertz CT molecular complexity index is 1260. The number of Topliss-reactive ketones (excluding diaryl/α,β-unsaturated/α-hetero) is 1. The standard InChI is InChI=1S/C37H52O4/c1-23(2)30-26(38)21-37(32(40)41-22-24-11-9-8-10-12-24)20-19-35(6)25(31(30)37)13-14-28-34(5)17-16-29(39)33(3,4)27(34)15-18-36(28,35)7/h8-12,23,25,27-29,39H,13-22H2,1-7H3/t25-,27+,28-,29+,34+,35-,36-,37-/m1/s1. The van der Waals surface area contributed by atoms with Crippen molar-refractivity contribution in [2.75, 3.05) is 0 Å². The Labute approximate surface area is 247 Å². The van der Waals surface area contributed by atoms with Crippen molar-refractivity contribution in [3.63, 3.8) is 0 Å². The van der Waals surface area contributed by atoms with Gasteiger partial charge in [0.2, 0.25) is 0 Å². The van der Waals surface area contributed by atoms with Crippen molar-refractivity contribution < 1.29 is 19.4 Å². The lowest BCUT2D eigenvalue weighted by Gasteiger charge is -2.72. The maximum Gasteiger partial charge on any atom is 0.317 e. The highest BCUT2D eigenvalue weighted by atomic mass is 16.5. The highest BCUT2D eigenvalue weighted by Crippen LogP contribution is 2.76. The van der Waals surface area contributed by atoms with Crippen LogP contribution in [0.1, 0.15) is 112 Å². The molecule has 0 aliphatic heterocycles. The van der Waals surface area contributed by atoms with Crippen LogP contribution in [0.4, 0.5) is 0 Å². The van der Waals surface area contributed by atoms with E-state index in [0.717, 1.165) is 61.7 Å². The molecule has 5 aliphatic rings. The van der Waals surface area contributed by atoms with E-state index in [-0.39, 0.29) is 64.4 Å². The predicted molar refractivity (Wildman–Crippen MR) is 162 cm³/mol. The van der Waals surface area contributed by atoms with Crippen molar-refractivity contribution in [2.24, 2.45) is 50.7 Å².